The maximum Gasteiger partial charge on any atom is 0.255 e. The van der Waals surface area contributed by atoms with Crippen LogP contribution in [0.25, 0.3) is 0 Å². The van der Waals surface area contributed by atoms with Crippen molar-refractivity contribution in [3.63, 3.8) is 0 Å². The molecule has 5 rings (SSSR count). The lowest BCUT2D eigenvalue weighted by Crippen LogP contribution is -2.50. The lowest BCUT2D eigenvalue weighted by atomic mass is 10.0. The number of amides is 4. The zero-order valence-corrected chi connectivity index (χ0v) is 27.2. The van der Waals surface area contributed by atoms with Gasteiger partial charge in [-0.2, -0.15) is 0 Å². The number of fused-ring (bicyclic) bond motifs is 1. The van der Waals surface area contributed by atoms with E-state index < -0.39 is 29.8 Å². The fourth-order valence-corrected chi connectivity index (χ4v) is 5.94. The number of nitrogens with one attached hydrogen (secondary N) is 4. The molecule has 0 bridgehead atoms. The number of carbonyl (C=O) groups is 4. The summed E-state index contributed by atoms with van der Waals surface area (Å²) in [5.41, 5.74) is 3.17. The number of phenols is 1. The number of nitrogens with zero attached hydrogens (tertiary/aromatic N) is 1. The van der Waals surface area contributed by atoms with Gasteiger partial charge in [-0.1, -0.05) is 55.0 Å². The molecule has 1 unspecified atom stereocenters. The Bertz CT molecular complexity index is 1540. The number of carbonyl (C=O) groups excluding carboxylic acids is 4. The normalized spacial score (nSPS) is 20.0. The third-order valence-corrected chi connectivity index (χ3v) is 8.66. The van der Waals surface area contributed by atoms with Crippen LogP contribution >= 0.6 is 0 Å². The number of hydrogen-bond acceptors (Lipinski definition) is 7. The van der Waals surface area contributed by atoms with Crippen molar-refractivity contribution in [3.05, 3.63) is 95.1 Å². The van der Waals surface area contributed by atoms with Crippen LogP contribution in [0.5, 0.6) is 11.5 Å². The van der Waals surface area contributed by atoms with Gasteiger partial charge in [0.25, 0.3) is 5.91 Å². The molecule has 5 N–H and O–H groups in total. The molecule has 11 heteroatoms. The third-order valence-electron chi connectivity index (χ3n) is 8.66. The Morgan fingerprint density at radius 2 is 1.56 bits per heavy atom. The van der Waals surface area contributed by atoms with Gasteiger partial charge in [0.1, 0.15) is 23.6 Å². The number of ether oxygens (including phenoxy) is 1. The maximum absolute atomic E-state index is 13.5. The molecule has 3 aromatic carbocycles. The predicted octanol–water partition coefficient (Wildman–Crippen LogP) is 3.20. The summed E-state index contributed by atoms with van der Waals surface area (Å²) in [6.45, 7) is 3.94. The third kappa shape index (κ3) is 10.3. The number of phenolic OH excluding ortho intramolecular Hbond substituents is 1. The molecule has 2 atom stereocenters. The molecule has 3 aromatic rings. The van der Waals surface area contributed by atoms with Crippen LogP contribution < -0.4 is 26.0 Å². The number of para-hydroxylation sites is 1. The van der Waals surface area contributed by atoms with E-state index in [2.05, 4.69) is 38.3 Å². The molecule has 48 heavy (non-hydrogen) atoms. The lowest BCUT2D eigenvalue weighted by Gasteiger charge is -2.26. The Hall–Kier alpha value is -4.90. The Morgan fingerprint density at radius 1 is 0.854 bits per heavy atom. The van der Waals surface area contributed by atoms with Crippen molar-refractivity contribution in [1.29, 1.82) is 0 Å². The molecular formula is C37H45N5O6. The second kappa shape index (κ2) is 17.3. The minimum Gasteiger partial charge on any atom is -0.508 e. The van der Waals surface area contributed by atoms with Crippen molar-refractivity contribution >= 4 is 23.6 Å². The van der Waals surface area contributed by atoms with Crippen molar-refractivity contribution in [2.45, 2.75) is 70.1 Å². The van der Waals surface area contributed by atoms with Gasteiger partial charge in [0.2, 0.25) is 17.7 Å². The molecular weight excluding hydrogens is 610 g/mol. The lowest BCUT2D eigenvalue weighted by molar-refractivity contribution is -0.129. The minimum absolute atomic E-state index is 0.00868. The van der Waals surface area contributed by atoms with Gasteiger partial charge >= 0.3 is 0 Å². The Balaban J connectivity index is 1.27. The number of piperidine rings is 1. The van der Waals surface area contributed by atoms with Gasteiger partial charge in [-0.25, -0.2) is 0 Å². The van der Waals surface area contributed by atoms with Crippen molar-refractivity contribution in [2.75, 3.05) is 26.2 Å². The summed E-state index contributed by atoms with van der Waals surface area (Å²) in [5.74, 6) is -1.23. The van der Waals surface area contributed by atoms with E-state index in [-0.39, 0.29) is 49.6 Å². The number of hydrogen-bond donors (Lipinski definition) is 5. The van der Waals surface area contributed by atoms with Crippen LogP contribution in [0.3, 0.4) is 0 Å². The van der Waals surface area contributed by atoms with Crippen LogP contribution in [-0.4, -0.2) is 72.0 Å². The summed E-state index contributed by atoms with van der Waals surface area (Å²) in [6.07, 6.45) is 4.33. The SMILES string of the molecule is O=C1CC[C@@H](C(=O)NCc2ccc(CN3CCCCC3)cc2)NC(=O)c2ccccc2OCCCNC(=O)C(Cc2ccc(O)cc2)N1. The minimum atomic E-state index is -1.02. The molecule has 11 nitrogen and oxygen atoms in total. The molecule has 0 spiro atoms. The fraction of sp³-hybridized carbons (Fsp3) is 0.405. The highest BCUT2D eigenvalue weighted by Crippen LogP contribution is 2.19. The van der Waals surface area contributed by atoms with Gasteiger partial charge in [0.05, 0.1) is 12.2 Å². The van der Waals surface area contributed by atoms with E-state index >= 15 is 0 Å². The van der Waals surface area contributed by atoms with Crippen LogP contribution in [0.2, 0.25) is 0 Å². The summed E-state index contributed by atoms with van der Waals surface area (Å²) < 4.78 is 5.89. The van der Waals surface area contributed by atoms with Gasteiger partial charge in [0.15, 0.2) is 0 Å². The number of aromatic hydroxyl groups is 1. The molecule has 2 heterocycles. The quantitative estimate of drug-likeness (QED) is 0.263. The van der Waals surface area contributed by atoms with Crippen molar-refractivity contribution in [2.24, 2.45) is 0 Å². The molecule has 1 saturated heterocycles. The average molecular weight is 656 g/mol. The number of benzene rings is 3. The fourth-order valence-electron chi connectivity index (χ4n) is 5.94. The molecule has 0 radical (unpaired) electrons. The first-order valence-electron chi connectivity index (χ1n) is 16.8. The van der Waals surface area contributed by atoms with Gasteiger partial charge in [-0.3, -0.25) is 24.1 Å². The molecule has 0 aliphatic carbocycles. The highest BCUT2D eigenvalue weighted by atomic mass is 16.5. The van der Waals surface area contributed by atoms with E-state index in [4.69, 9.17) is 4.74 Å². The Kier molecular flexibility index (Phi) is 12.4. The van der Waals surface area contributed by atoms with Gasteiger partial charge < -0.3 is 31.1 Å². The van der Waals surface area contributed by atoms with Crippen molar-refractivity contribution < 1.29 is 29.0 Å². The van der Waals surface area contributed by atoms with Crippen molar-refractivity contribution in [3.8, 4) is 11.5 Å². The Labute approximate surface area is 281 Å². The molecule has 0 saturated carbocycles. The predicted molar refractivity (Wildman–Crippen MR) is 181 cm³/mol. The zero-order chi connectivity index (χ0) is 33.7. The van der Waals surface area contributed by atoms with E-state index in [0.29, 0.717) is 18.7 Å². The average Bonchev–Trinajstić information content (AvgIpc) is 3.10. The molecule has 4 amide bonds. The smallest absolute Gasteiger partial charge is 0.255 e. The Morgan fingerprint density at radius 3 is 2.33 bits per heavy atom. The standard InChI is InChI=1S/C37H45N5O6/c43-29-15-13-26(14-16-29)23-32-37(47)38-19-6-22-48-33-8-3-2-7-30(33)35(45)41-31(17-18-34(44)40-32)36(46)39-24-27-9-11-28(12-10-27)25-42-20-4-1-5-21-42/h2-3,7-16,31-32,43H,1,4-6,17-25H2,(H,38,47)(H,39,46)(H,40,44)(H,41,45)/t31-,32?/m0/s1. The summed E-state index contributed by atoms with van der Waals surface area (Å²) in [4.78, 5) is 55.7. The molecule has 254 valence electrons. The van der Waals surface area contributed by atoms with E-state index in [1.807, 2.05) is 12.1 Å². The topological polar surface area (TPSA) is 149 Å². The van der Waals surface area contributed by atoms with Crippen molar-refractivity contribution in [1.82, 2.24) is 26.2 Å². The highest BCUT2D eigenvalue weighted by molar-refractivity contribution is 5.99. The van der Waals surface area contributed by atoms with E-state index in [1.54, 1.807) is 36.4 Å². The van der Waals surface area contributed by atoms with Crippen LogP contribution in [0.15, 0.2) is 72.8 Å². The monoisotopic (exact) mass is 655 g/mol. The van der Waals surface area contributed by atoms with E-state index in [0.717, 1.165) is 30.8 Å². The van der Waals surface area contributed by atoms with Gasteiger partial charge in [-0.05, 0) is 79.7 Å². The van der Waals surface area contributed by atoms with E-state index in [1.165, 1.54) is 37.0 Å². The van der Waals surface area contributed by atoms with Crippen LogP contribution in [-0.2, 0) is 33.9 Å². The van der Waals surface area contributed by atoms with Crippen LogP contribution in [0.1, 0.15) is 65.6 Å². The summed E-state index contributed by atoms with van der Waals surface area (Å²) in [5, 5.41) is 21.0. The second-order valence-electron chi connectivity index (χ2n) is 12.4. The first-order valence-corrected chi connectivity index (χ1v) is 16.8. The summed E-state index contributed by atoms with van der Waals surface area (Å²) in [7, 11) is 0. The van der Waals surface area contributed by atoms with E-state index in [9.17, 15) is 24.3 Å². The number of rotatable bonds is 7. The number of likely N-dealkylation sites (tertiary alicyclic amines) is 1. The zero-order valence-electron chi connectivity index (χ0n) is 27.2. The molecule has 0 aromatic heterocycles. The van der Waals surface area contributed by atoms with Gasteiger partial charge in [-0.15, -0.1) is 0 Å². The highest BCUT2D eigenvalue weighted by Gasteiger charge is 2.26. The first kappa shape index (κ1) is 34.4. The van der Waals surface area contributed by atoms with Gasteiger partial charge in [0, 0.05) is 32.5 Å². The summed E-state index contributed by atoms with van der Waals surface area (Å²) >= 11 is 0. The summed E-state index contributed by atoms with van der Waals surface area (Å²) in [6, 6.07) is 19.5. The largest absolute Gasteiger partial charge is 0.508 e. The van der Waals surface area contributed by atoms with Crippen LogP contribution in [0, 0.1) is 0 Å². The molecule has 2 aliphatic heterocycles. The maximum atomic E-state index is 13.5. The molecule has 1 fully saturated rings. The first-order chi connectivity index (χ1) is 23.3. The second-order valence-corrected chi connectivity index (χ2v) is 12.4. The van der Waals surface area contributed by atoms with Crippen LogP contribution in [0.4, 0.5) is 0 Å². The molecule has 2 aliphatic rings.